The van der Waals surface area contributed by atoms with E-state index in [1.807, 2.05) is 24.3 Å². The van der Waals surface area contributed by atoms with E-state index in [1.54, 1.807) is 0 Å². The third-order valence-corrected chi connectivity index (χ3v) is 6.49. The predicted molar refractivity (Wildman–Crippen MR) is 119 cm³/mol. The van der Waals surface area contributed by atoms with E-state index in [-0.39, 0.29) is 43.2 Å². The number of carbonyl (C=O) groups excluding carboxylic acids is 2. The molecule has 168 valence electrons. The maximum atomic E-state index is 12.4. The SMILES string of the molecule is O=C(O)CCNC(=O)C1CCCC1CNC(=O)OCC1c2ccccc2-c2ccccc21. The topological polar surface area (TPSA) is 105 Å². The third-order valence-electron chi connectivity index (χ3n) is 6.49. The number of fused-ring (bicyclic) bond motifs is 3. The number of carbonyl (C=O) groups is 3. The Morgan fingerprint density at radius 2 is 1.59 bits per heavy atom. The molecule has 1 saturated carbocycles. The van der Waals surface area contributed by atoms with Crippen molar-refractivity contribution in [1.82, 2.24) is 10.6 Å². The second kappa shape index (κ2) is 9.85. The Morgan fingerprint density at radius 3 is 2.25 bits per heavy atom. The zero-order chi connectivity index (χ0) is 22.5. The molecule has 4 rings (SSSR count). The van der Waals surface area contributed by atoms with Gasteiger partial charge >= 0.3 is 12.1 Å². The highest BCUT2D eigenvalue weighted by atomic mass is 16.5. The number of rotatable bonds is 8. The summed E-state index contributed by atoms with van der Waals surface area (Å²) in [4.78, 5) is 35.4. The van der Waals surface area contributed by atoms with Gasteiger partial charge in [-0.3, -0.25) is 9.59 Å². The first kappa shape index (κ1) is 21.9. The van der Waals surface area contributed by atoms with E-state index < -0.39 is 12.1 Å². The standard InChI is InChI=1S/C25H28N2O5/c28-23(29)12-13-26-24(30)17-11-5-6-16(17)14-27-25(31)32-15-22-20-9-3-1-7-18(20)19-8-2-4-10-21(19)22/h1-4,7-10,16-17,22H,5-6,11-15H2,(H,26,30)(H,27,31)(H,28,29). The monoisotopic (exact) mass is 436 g/mol. The van der Waals surface area contributed by atoms with Crippen LogP contribution >= 0.6 is 0 Å². The normalized spacial score (nSPS) is 19.1. The lowest BCUT2D eigenvalue weighted by atomic mass is 9.95. The van der Waals surface area contributed by atoms with Gasteiger partial charge in [0.25, 0.3) is 0 Å². The largest absolute Gasteiger partial charge is 0.481 e. The van der Waals surface area contributed by atoms with Gasteiger partial charge < -0.3 is 20.5 Å². The van der Waals surface area contributed by atoms with Crippen LogP contribution in [0.4, 0.5) is 4.79 Å². The van der Waals surface area contributed by atoms with Crippen molar-refractivity contribution in [3.8, 4) is 11.1 Å². The first-order chi connectivity index (χ1) is 15.5. The Hall–Kier alpha value is -3.35. The van der Waals surface area contributed by atoms with Gasteiger partial charge in [0, 0.05) is 24.9 Å². The first-order valence-electron chi connectivity index (χ1n) is 11.1. The highest BCUT2D eigenvalue weighted by molar-refractivity contribution is 5.80. The molecule has 0 aromatic heterocycles. The number of carboxylic acids is 1. The van der Waals surface area contributed by atoms with Crippen molar-refractivity contribution in [2.24, 2.45) is 11.8 Å². The van der Waals surface area contributed by atoms with E-state index in [2.05, 4.69) is 34.9 Å². The number of nitrogens with one attached hydrogen (secondary N) is 2. The Labute approximate surface area is 187 Å². The molecule has 3 N–H and O–H groups in total. The van der Waals surface area contributed by atoms with E-state index in [1.165, 1.54) is 11.1 Å². The molecule has 7 nitrogen and oxygen atoms in total. The average Bonchev–Trinajstić information content (AvgIpc) is 3.39. The van der Waals surface area contributed by atoms with Crippen LogP contribution in [0.1, 0.15) is 42.7 Å². The van der Waals surface area contributed by atoms with Crippen molar-refractivity contribution in [3.63, 3.8) is 0 Å². The summed E-state index contributed by atoms with van der Waals surface area (Å²) < 4.78 is 5.57. The van der Waals surface area contributed by atoms with E-state index >= 15 is 0 Å². The molecule has 2 unspecified atom stereocenters. The molecular weight excluding hydrogens is 408 g/mol. The van der Waals surface area contributed by atoms with Gasteiger partial charge in [-0.05, 0) is 41.0 Å². The van der Waals surface area contributed by atoms with E-state index in [0.29, 0.717) is 6.54 Å². The van der Waals surface area contributed by atoms with Crippen LogP contribution in [0.2, 0.25) is 0 Å². The first-order valence-corrected chi connectivity index (χ1v) is 11.1. The number of carboxylic acid groups (broad SMARTS) is 1. The van der Waals surface area contributed by atoms with Gasteiger partial charge in [-0.2, -0.15) is 0 Å². The predicted octanol–water partition coefficient (Wildman–Crippen LogP) is 3.53. The van der Waals surface area contributed by atoms with Crippen LogP contribution in [0.3, 0.4) is 0 Å². The van der Waals surface area contributed by atoms with Crippen LogP contribution in [0.5, 0.6) is 0 Å². The van der Waals surface area contributed by atoms with Gasteiger partial charge in [-0.1, -0.05) is 55.0 Å². The molecular formula is C25H28N2O5. The second-order valence-corrected chi connectivity index (χ2v) is 8.44. The highest BCUT2D eigenvalue weighted by Crippen LogP contribution is 2.44. The molecule has 2 atom stereocenters. The molecule has 7 heteroatoms. The number of amides is 2. The van der Waals surface area contributed by atoms with Crippen LogP contribution in [0, 0.1) is 11.8 Å². The fraction of sp³-hybridized carbons (Fsp3) is 0.400. The summed E-state index contributed by atoms with van der Waals surface area (Å²) in [7, 11) is 0. The molecule has 2 aliphatic carbocycles. The minimum Gasteiger partial charge on any atom is -0.481 e. The summed E-state index contributed by atoms with van der Waals surface area (Å²) in [5.74, 6) is -1.25. The summed E-state index contributed by atoms with van der Waals surface area (Å²) >= 11 is 0. The number of benzene rings is 2. The zero-order valence-electron chi connectivity index (χ0n) is 17.9. The summed E-state index contributed by atoms with van der Waals surface area (Å²) in [6.45, 7) is 0.745. The van der Waals surface area contributed by atoms with Crippen molar-refractivity contribution < 1.29 is 24.2 Å². The molecule has 0 spiro atoms. The maximum Gasteiger partial charge on any atom is 0.407 e. The van der Waals surface area contributed by atoms with Gasteiger partial charge in [0.1, 0.15) is 6.61 Å². The Kier molecular flexibility index (Phi) is 6.73. The highest BCUT2D eigenvalue weighted by Gasteiger charge is 2.33. The lowest BCUT2D eigenvalue weighted by Crippen LogP contribution is -2.38. The summed E-state index contributed by atoms with van der Waals surface area (Å²) in [5, 5.41) is 14.2. The maximum absolute atomic E-state index is 12.4. The lowest BCUT2D eigenvalue weighted by molar-refractivity contribution is -0.137. The van der Waals surface area contributed by atoms with Gasteiger partial charge in [0.2, 0.25) is 5.91 Å². The summed E-state index contributed by atoms with van der Waals surface area (Å²) in [5.41, 5.74) is 4.69. The number of hydrogen-bond donors (Lipinski definition) is 3. The van der Waals surface area contributed by atoms with Crippen molar-refractivity contribution in [2.45, 2.75) is 31.6 Å². The van der Waals surface area contributed by atoms with Gasteiger partial charge in [0.15, 0.2) is 0 Å². The number of hydrogen-bond acceptors (Lipinski definition) is 4. The molecule has 0 aliphatic heterocycles. The fourth-order valence-electron chi connectivity index (χ4n) is 4.91. The van der Waals surface area contributed by atoms with Crippen LogP contribution in [0.25, 0.3) is 11.1 Å². The summed E-state index contributed by atoms with van der Waals surface area (Å²) in [6.07, 6.45) is 1.93. The Balaban J connectivity index is 1.28. The van der Waals surface area contributed by atoms with Crippen LogP contribution in [0.15, 0.2) is 48.5 Å². The molecule has 2 aromatic carbocycles. The van der Waals surface area contributed by atoms with E-state index in [4.69, 9.17) is 9.84 Å². The molecule has 0 radical (unpaired) electrons. The quantitative estimate of drug-likeness (QED) is 0.587. The third kappa shape index (κ3) is 4.77. The smallest absolute Gasteiger partial charge is 0.407 e. The van der Waals surface area contributed by atoms with Crippen molar-refractivity contribution in [3.05, 3.63) is 59.7 Å². The zero-order valence-corrected chi connectivity index (χ0v) is 17.9. The molecule has 2 aliphatic rings. The average molecular weight is 437 g/mol. The van der Waals surface area contributed by atoms with Crippen LogP contribution in [-0.4, -0.2) is 42.8 Å². The molecule has 2 amide bonds. The minimum atomic E-state index is -0.940. The molecule has 0 bridgehead atoms. The Morgan fingerprint density at radius 1 is 0.938 bits per heavy atom. The van der Waals surface area contributed by atoms with Gasteiger partial charge in [0.05, 0.1) is 6.42 Å². The number of ether oxygens (including phenoxy) is 1. The van der Waals surface area contributed by atoms with E-state index in [0.717, 1.165) is 30.4 Å². The lowest BCUT2D eigenvalue weighted by Gasteiger charge is -2.20. The van der Waals surface area contributed by atoms with Crippen molar-refractivity contribution in [1.29, 1.82) is 0 Å². The fourth-order valence-corrected chi connectivity index (χ4v) is 4.91. The molecule has 0 heterocycles. The summed E-state index contributed by atoms with van der Waals surface area (Å²) in [6, 6.07) is 16.4. The van der Waals surface area contributed by atoms with Crippen LogP contribution in [-0.2, 0) is 14.3 Å². The molecule has 32 heavy (non-hydrogen) atoms. The molecule has 2 aromatic rings. The Bertz CT molecular complexity index is 960. The van der Waals surface area contributed by atoms with E-state index in [9.17, 15) is 14.4 Å². The van der Waals surface area contributed by atoms with Crippen LogP contribution < -0.4 is 10.6 Å². The van der Waals surface area contributed by atoms with Gasteiger partial charge in [-0.15, -0.1) is 0 Å². The number of alkyl carbamates (subject to hydrolysis) is 1. The van der Waals surface area contributed by atoms with Gasteiger partial charge in [-0.25, -0.2) is 4.79 Å². The molecule has 0 saturated heterocycles. The minimum absolute atomic E-state index is 0.00684. The van der Waals surface area contributed by atoms with Crippen molar-refractivity contribution in [2.75, 3.05) is 19.7 Å². The van der Waals surface area contributed by atoms with Crippen molar-refractivity contribution >= 4 is 18.0 Å². The molecule has 1 fully saturated rings. The number of aliphatic carboxylic acids is 1. The second-order valence-electron chi connectivity index (χ2n) is 8.44.